The molecule has 0 amide bonds. The van der Waals surface area contributed by atoms with E-state index >= 15 is 0 Å². The van der Waals surface area contributed by atoms with E-state index in [9.17, 15) is 9.59 Å². The molecule has 1 aliphatic rings. The van der Waals surface area contributed by atoms with Crippen LogP contribution in [-0.4, -0.2) is 11.6 Å². The van der Waals surface area contributed by atoms with Crippen molar-refractivity contribution in [2.24, 2.45) is 0 Å². The highest BCUT2D eigenvalue weighted by Gasteiger charge is 2.17. The first-order valence-electron chi connectivity index (χ1n) is 8.76. The van der Waals surface area contributed by atoms with Gasteiger partial charge in [-0.05, 0) is 35.7 Å². The normalized spacial score (nSPS) is 11.7. The first-order valence-corrected chi connectivity index (χ1v) is 8.76. The molecule has 0 radical (unpaired) electrons. The Labute approximate surface area is 149 Å². The molecule has 0 heterocycles. The van der Waals surface area contributed by atoms with E-state index in [1.54, 1.807) is 6.92 Å². The summed E-state index contributed by atoms with van der Waals surface area (Å²) in [5.41, 5.74) is 2.92. The summed E-state index contributed by atoms with van der Waals surface area (Å²) in [5.74, 6) is 0.418. The fraction of sp³-hybridized carbons (Fsp3) is 0.217. The van der Waals surface area contributed by atoms with Crippen molar-refractivity contribution in [2.45, 2.75) is 33.6 Å². The molecule has 0 aromatic heterocycles. The molecule has 3 aromatic carbocycles. The summed E-state index contributed by atoms with van der Waals surface area (Å²) in [7, 11) is 0. The minimum absolute atomic E-state index is 0.116. The molecule has 0 fully saturated rings. The van der Waals surface area contributed by atoms with Crippen molar-refractivity contribution in [2.75, 3.05) is 0 Å². The summed E-state index contributed by atoms with van der Waals surface area (Å²) in [6.45, 7) is 5.59. The number of aryl methyl sites for hydroxylation is 1. The molecular formula is C23H24O2. The molecule has 4 rings (SSSR count). The van der Waals surface area contributed by atoms with Crippen LogP contribution in [0.4, 0.5) is 0 Å². The summed E-state index contributed by atoms with van der Waals surface area (Å²) in [4.78, 5) is 22.2. The predicted molar refractivity (Wildman–Crippen MR) is 104 cm³/mol. The van der Waals surface area contributed by atoms with Gasteiger partial charge in [0.1, 0.15) is 0 Å². The SMILES string of the molecule is CC.CC(=O)c1ccc2ccccc2c1.O=C1CCc2ccccc21. The lowest BCUT2D eigenvalue weighted by molar-refractivity contribution is 0.0991. The zero-order valence-corrected chi connectivity index (χ0v) is 15.1. The first-order chi connectivity index (χ1) is 12.1. The highest BCUT2D eigenvalue weighted by atomic mass is 16.1. The third-order valence-corrected chi connectivity index (χ3v) is 4.10. The third-order valence-electron chi connectivity index (χ3n) is 4.10. The number of Topliss-reactive ketones (excluding diaryl/α,β-unsaturated/α-hetero) is 2. The molecule has 3 aromatic rings. The van der Waals surface area contributed by atoms with Crippen LogP contribution in [0.15, 0.2) is 66.7 Å². The van der Waals surface area contributed by atoms with Crippen molar-refractivity contribution in [1.29, 1.82) is 0 Å². The average Bonchev–Trinajstić information content (AvgIpc) is 3.05. The Morgan fingerprint density at radius 3 is 2.12 bits per heavy atom. The van der Waals surface area contributed by atoms with Gasteiger partial charge in [0, 0.05) is 17.5 Å². The fourth-order valence-electron chi connectivity index (χ4n) is 2.80. The van der Waals surface area contributed by atoms with Crippen molar-refractivity contribution in [3.8, 4) is 0 Å². The molecule has 0 aliphatic heterocycles. The van der Waals surface area contributed by atoms with Gasteiger partial charge in [-0.25, -0.2) is 0 Å². The molecule has 2 heteroatoms. The Balaban J connectivity index is 0.000000168. The van der Waals surface area contributed by atoms with Gasteiger partial charge in [-0.3, -0.25) is 9.59 Å². The Hall–Kier alpha value is -2.74. The van der Waals surface area contributed by atoms with E-state index in [0.717, 1.165) is 22.9 Å². The predicted octanol–water partition coefficient (Wildman–Crippen LogP) is 5.88. The van der Waals surface area contributed by atoms with Crippen LogP contribution in [0.5, 0.6) is 0 Å². The molecule has 0 spiro atoms. The lowest BCUT2D eigenvalue weighted by Crippen LogP contribution is -1.90. The van der Waals surface area contributed by atoms with Crippen molar-refractivity contribution in [3.05, 3.63) is 83.4 Å². The molecule has 128 valence electrons. The highest BCUT2D eigenvalue weighted by molar-refractivity contribution is 6.00. The number of benzene rings is 3. The van der Waals surface area contributed by atoms with Gasteiger partial charge in [0.2, 0.25) is 0 Å². The molecule has 0 saturated heterocycles. The number of carbonyl (C=O) groups is 2. The monoisotopic (exact) mass is 332 g/mol. The summed E-state index contributed by atoms with van der Waals surface area (Å²) in [6.07, 6.45) is 1.65. The summed E-state index contributed by atoms with van der Waals surface area (Å²) in [5, 5.41) is 2.29. The number of ketones is 2. The standard InChI is InChI=1S/C12H10O.C9H8O.C2H6/c1-9(13)11-7-6-10-4-2-3-5-12(10)8-11;10-9-6-5-7-3-1-2-4-8(7)9;1-2/h2-8H,1H3;1-4H,5-6H2;1-2H3. The highest BCUT2D eigenvalue weighted by Crippen LogP contribution is 2.20. The second-order valence-electron chi connectivity index (χ2n) is 5.70. The summed E-state index contributed by atoms with van der Waals surface area (Å²) < 4.78 is 0. The van der Waals surface area contributed by atoms with E-state index < -0.39 is 0 Å². The minimum atomic E-state index is 0.116. The van der Waals surface area contributed by atoms with Gasteiger partial charge in [0.25, 0.3) is 0 Å². The van der Waals surface area contributed by atoms with Gasteiger partial charge in [0.15, 0.2) is 11.6 Å². The molecular weight excluding hydrogens is 308 g/mol. The number of carbonyl (C=O) groups excluding carboxylic acids is 2. The Kier molecular flexibility index (Phi) is 6.64. The molecule has 25 heavy (non-hydrogen) atoms. The van der Waals surface area contributed by atoms with E-state index in [1.807, 2.05) is 80.6 Å². The second kappa shape index (κ2) is 8.93. The van der Waals surface area contributed by atoms with Gasteiger partial charge in [0.05, 0.1) is 0 Å². The van der Waals surface area contributed by atoms with E-state index in [2.05, 4.69) is 0 Å². The van der Waals surface area contributed by atoms with Gasteiger partial charge < -0.3 is 0 Å². The Morgan fingerprint density at radius 2 is 1.44 bits per heavy atom. The number of fused-ring (bicyclic) bond motifs is 2. The maximum Gasteiger partial charge on any atom is 0.163 e. The zero-order valence-electron chi connectivity index (χ0n) is 15.1. The maximum atomic E-state index is 11.1. The maximum absolute atomic E-state index is 11.1. The van der Waals surface area contributed by atoms with Crippen LogP contribution in [-0.2, 0) is 6.42 Å². The molecule has 0 N–H and O–H groups in total. The van der Waals surface area contributed by atoms with Crippen LogP contribution < -0.4 is 0 Å². The largest absolute Gasteiger partial charge is 0.295 e. The molecule has 0 bridgehead atoms. The molecule has 1 aliphatic carbocycles. The van der Waals surface area contributed by atoms with E-state index in [0.29, 0.717) is 12.2 Å². The molecule has 2 nitrogen and oxygen atoms in total. The first kappa shape index (κ1) is 18.6. The van der Waals surface area contributed by atoms with Gasteiger partial charge >= 0.3 is 0 Å². The Bertz CT molecular complexity index is 878. The lowest BCUT2D eigenvalue weighted by Gasteiger charge is -1.99. The third kappa shape index (κ3) is 4.63. The van der Waals surface area contributed by atoms with Crippen molar-refractivity contribution in [3.63, 3.8) is 0 Å². The minimum Gasteiger partial charge on any atom is -0.295 e. The van der Waals surface area contributed by atoms with Crippen LogP contribution in [0, 0.1) is 0 Å². The average molecular weight is 332 g/mol. The smallest absolute Gasteiger partial charge is 0.163 e. The van der Waals surface area contributed by atoms with Gasteiger partial charge in [-0.2, -0.15) is 0 Å². The van der Waals surface area contributed by atoms with Crippen molar-refractivity contribution < 1.29 is 9.59 Å². The van der Waals surface area contributed by atoms with Gasteiger partial charge in [-0.1, -0.05) is 74.5 Å². The second-order valence-corrected chi connectivity index (χ2v) is 5.70. The zero-order chi connectivity index (χ0) is 18.2. The van der Waals surface area contributed by atoms with E-state index in [4.69, 9.17) is 0 Å². The summed E-state index contributed by atoms with van der Waals surface area (Å²) >= 11 is 0. The quantitative estimate of drug-likeness (QED) is 0.521. The molecule has 0 unspecified atom stereocenters. The van der Waals surface area contributed by atoms with E-state index in [1.165, 1.54) is 10.9 Å². The van der Waals surface area contributed by atoms with Crippen LogP contribution in [0.3, 0.4) is 0 Å². The lowest BCUT2D eigenvalue weighted by atomic mass is 10.1. The van der Waals surface area contributed by atoms with Crippen LogP contribution in [0.25, 0.3) is 10.8 Å². The van der Waals surface area contributed by atoms with Crippen LogP contribution >= 0.6 is 0 Å². The Morgan fingerprint density at radius 1 is 0.800 bits per heavy atom. The topological polar surface area (TPSA) is 34.1 Å². The number of hydrogen-bond donors (Lipinski definition) is 0. The van der Waals surface area contributed by atoms with Crippen molar-refractivity contribution in [1.82, 2.24) is 0 Å². The number of hydrogen-bond acceptors (Lipinski definition) is 2. The summed E-state index contributed by atoms with van der Waals surface area (Å²) in [6, 6.07) is 21.6. The van der Waals surface area contributed by atoms with Crippen molar-refractivity contribution >= 4 is 22.3 Å². The van der Waals surface area contributed by atoms with Crippen LogP contribution in [0.2, 0.25) is 0 Å². The van der Waals surface area contributed by atoms with Gasteiger partial charge in [-0.15, -0.1) is 0 Å². The molecule has 0 atom stereocenters. The molecule has 0 saturated carbocycles. The number of rotatable bonds is 1. The van der Waals surface area contributed by atoms with Crippen LogP contribution in [0.1, 0.15) is 53.5 Å². The van der Waals surface area contributed by atoms with E-state index in [-0.39, 0.29) is 5.78 Å². The fourth-order valence-corrected chi connectivity index (χ4v) is 2.80.